The maximum atomic E-state index is 12.6. The van der Waals surface area contributed by atoms with Gasteiger partial charge in [0, 0.05) is 19.6 Å². The van der Waals surface area contributed by atoms with Crippen LogP contribution in [0.1, 0.15) is 43.0 Å². The Morgan fingerprint density at radius 3 is 2.50 bits per heavy atom. The van der Waals surface area contributed by atoms with Crippen molar-refractivity contribution in [1.82, 2.24) is 9.47 Å². The fourth-order valence-electron chi connectivity index (χ4n) is 3.78. The monoisotopic (exact) mass is 507 g/mol. The van der Waals surface area contributed by atoms with E-state index in [0.29, 0.717) is 29.9 Å². The quantitative estimate of drug-likeness (QED) is 0.400. The summed E-state index contributed by atoms with van der Waals surface area (Å²) in [6.45, 7) is 7.12. The summed E-state index contributed by atoms with van der Waals surface area (Å²) in [4.78, 5) is 42.9. The SMILES string of the molecule is C=CCn1c(=NC(=O)CS(=O)(=O)CC(=O)N2CCCCCC2)sc2cc(C(=O)OCC)ccc21. The minimum Gasteiger partial charge on any atom is -0.462 e. The molecule has 0 atom stereocenters. The van der Waals surface area contributed by atoms with Crippen LogP contribution in [0.2, 0.25) is 0 Å². The van der Waals surface area contributed by atoms with E-state index in [0.717, 1.165) is 42.5 Å². The standard InChI is InChI=1S/C23H29N3O6S2/c1-3-11-26-18-10-9-17(22(29)32-4-2)14-19(18)33-23(26)24-20(27)15-34(30,31)16-21(28)25-12-7-5-6-8-13-25/h3,9-10,14H,1,4-8,11-13,15-16H2,2H3. The molecular formula is C23H29N3O6S2. The summed E-state index contributed by atoms with van der Waals surface area (Å²) in [6, 6.07) is 5.00. The number of likely N-dealkylation sites (tertiary alicyclic amines) is 1. The van der Waals surface area contributed by atoms with Crippen molar-refractivity contribution < 1.29 is 27.5 Å². The highest BCUT2D eigenvalue weighted by Crippen LogP contribution is 2.20. The molecule has 1 aromatic carbocycles. The number of sulfone groups is 1. The lowest BCUT2D eigenvalue weighted by Crippen LogP contribution is -2.37. The molecule has 1 aliphatic heterocycles. The summed E-state index contributed by atoms with van der Waals surface area (Å²) in [5.41, 5.74) is 1.09. The molecule has 3 rings (SSSR count). The number of rotatable bonds is 8. The molecule has 1 aliphatic rings. The van der Waals surface area contributed by atoms with Gasteiger partial charge in [-0.3, -0.25) is 9.59 Å². The second-order valence-corrected chi connectivity index (χ2v) is 11.1. The Labute approximate surface area is 202 Å². The number of amides is 2. The van der Waals surface area contributed by atoms with Crippen LogP contribution in [0.15, 0.2) is 35.8 Å². The lowest BCUT2D eigenvalue weighted by atomic mass is 10.2. The number of carbonyl (C=O) groups is 3. The van der Waals surface area contributed by atoms with E-state index in [4.69, 9.17) is 4.74 Å². The van der Waals surface area contributed by atoms with Crippen molar-refractivity contribution in [2.75, 3.05) is 31.2 Å². The lowest BCUT2D eigenvalue weighted by molar-refractivity contribution is -0.128. The number of esters is 1. The number of carbonyl (C=O) groups excluding carboxylic acids is 3. The molecule has 0 radical (unpaired) electrons. The van der Waals surface area contributed by atoms with E-state index in [2.05, 4.69) is 11.6 Å². The van der Waals surface area contributed by atoms with Gasteiger partial charge in [0.1, 0.15) is 11.5 Å². The van der Waals surface area contributed by atoms with Gasteiger partial charge in [0.25, 0.3) is 5.91 Å². The topological polar surface area (TPSA) is 115 Å². The van der Waals surface area contributed by atoms with Crippen LogP contribution in [-0.2, 0) is 30.7 Å². The molecular weight excluding hydrogens is 478 g/mol. The third kappa shape index (κ3) is 6.63. The van der Waals surface area contributed by atoms with Gasteiger partial charge in [-0.2, -0.15) is 4.99 Å². The van der Waals surface area contributed by atoms with Gasteiger partial charge in [-0.25, -0.2) is 13.2 Å². The smallest absolute Gasteiger partial charge is 0.338 e. The molecule has 184 valence electrons. The first-order valence-corrected chi connectivity index (χ1v) is 13.8. The van der Waals surface area contributed by atoms with E-state index < -0.39 is 39.1 Å². The van der Waals surface area contributed by atoms with Gasteiger partial charge in [0.15, 0.2) is 14.6 Å². The first-order chi connectivity index (χ1) is 16.2. The molecule has 1 fully saturated rings. The maximum Gasteiger partial charge on any atom is 0.338 e. The predicted molar refractivity (Wildman–Crippen MR) is 130 cm³/mol. The maximum absolute atomic E-state index is 12.6. The van der Waals surface area contributed by atoms with Crippen molar-refractivity contribution in [2.24, 2.45) is 4.99 Å². The van der Waals surface area contributed by atoms with Crippen molar-refractivity contribution in [1.29, 1.82) is 0 Å². The van der Waals surface area contributed by atoms with Crippen molar-refractivity contribution in [2.45, 2.75) is 39.2 Å². The number of hydrogen-bond donors (Lipinski definition) is 0. The highest BCUT2D eigenvalue weighted by molar-refractivity contribution is 7.92. The van der Waals surface area contributed by atoms with Gasteiger partial charge < -0.3 is 14.2 Å². The summed E-state index contributed by atoms with van der Waals surface area (Å²) in [6.07, 6.45) is 5.38. The summed E-state index contributed by atoms with van der Waals surface area (Å²) >= 11 is 1.16. The van der Waals surface area contributed by atoms with Gasteiger partial charge >= 0.3 is 5.97 Å². The first-order valence-electron chi connectivity index (χ1n) is 11.2. The van der Waals surface area contributed by atoms with Crippen LogP contribution >= 0.6 is 11.3 Å². The van der Waals surface area contributed by atoms with Crippen LogP contribution in [0.5, 0.6) is 0 Å². The van der Waals surface area contributed by atoms with Crippen molar-refractivity contribution in [3.8, 4) is 0 Å². The molecule has 11 heteroatoms. The number of nitrogens with zero attached hydrogens (tertiary/aromatic N) is 3. The fraction of sp³-hybridized carbons (Fsp3) is 0.478. The van der Waals surface area contributed by atoms with Gasteiger partial charge in [-0.15, -0.1) is 6.58 Å². The average molecular weight is 508 g/mol. The highest BCUT2D eigenvalue weighted by atomic mass is 32.2. The molecule has 0 bridgehead atoms. The normalized spacial score (nSPS) is 15.2. The Morgan fingerprint density at radius 1 is 1.15 bits per heavy atom. The molecule has 34 heavy (non-hydrogen) atoms. The molecule has 9 nitrogen and oxygen atoms in total. The Hall–Kier alpha value is -2.79. The van der Waals surface area contributed by atoms with Gasteiger partial charge in [-0.05, 0) is 38.0 Å². The van der Waals surface area contributed by atoms with E-state index in [1.165, 1.54) is 0 Å². The van der Waals surface area contributed by atoms with Crippen LogP contribution in [-0.4, -0.2) is 66.9 Å². The number of ether oxygens (including phenoxy) is 1. The zero-order chi connectivity index (χ0) is 24.7. The van der Waals surface area contributed by atoms with Gasteiger partial charge in [0.05, 0.1) is 22.4 Å². The van der Waals surface area contributed by atoms with E-state index in [9.17, 15) is 22.8 Å². The van der Waals surface area contributed by atoms with E-state index >= 15 is 0 Å². The minimum absolute atomic E-state index is 0.252. The summed E-state index contributed by atoms with van der Waals surface area (Å²) in [7, 11) is -3.96. The minimum atomic E-state index is -3.96. The number of hydrogen-bond acceptors (Lipinski definition) is 7. The van der Waals surface area contributed by atoms with Crippen molar-refractivity contribution >= 4 is 49.2 Å². The number of fused-ring (bicyclic) bond motifs is 1. The molecule has 1 aromatic heterocycles. The Kier molecular flexibility index (Phi) is 8.78. The third-order valence-corrected chi connectivity index (χ3v) is 7.79. The average Bonchev–Trinajstić information content (AvgIpc) is 2.93. The van der Waals surface area contributed by atoms with Crippen molar-refractivity contribution in [3.63, 3.8) is 0 Å². The zero-order valence-electron chi connectivity index (χ0n) is 19.2. The molecule has 2 amide bonds. The van der Waals surface area contributed by atoms with Crippen LogP contribution in [0.25, 0.3) is 10.2 Å². The summed E-state index contributed by atoms with van der Waals surface area (Å²) in [5, 5.41) is 0. The van der Waals surface area contributed by atoms with Gasteiger partial charge in [0.2, 0.25) is 5.91 Å². The molecule has 0 aliphatic carbocycles. The molecule has 0 saturated carbocycles. The molecule has 0 spiro atoms. The fourth-order valence-corrected chi connectivity index (χ4v) is 5.98. The molecule has 1 saturated heterocycles. The molecule has 0 unspecified atom stereocenters. The Balaban J connectivity index is 1.82. The second kappa shape index (κ2) is 11.6. The molecule has 2 aromatic rings. The largest absolute Gasteiger partial charge is 0.462 e. The van der Waals surface area contributed by atoms with Crippen molar-refractivity contribution in [3.05, 3.63) is 41.2 Å². The lowest BCUT2D eigenvalue weighted by Gasteiger charge is -2.19. The highest BCUT2D eigenvalue weighted by Gasteiger charge is 2.25. The summed E-state index contributed by atoms with van der Waals surface area (Å²) in [5.74, 6) is -3.31. The van der Waals surface area contributed by atoms with E-state index in [1.54, 1.807) is 40.7 Å². The van der Waals surface area contributed by atoms with Crippen LogP contribution in [0.4, 0.5) is 0 Å². The van der Waals surface area contributed by atoms with Gasteiger partial charge in [-0.1, -0.05) is 30.3 Å². The number of allylic oxidation sites excluding steroid dienone is 1. The first kappa shape index (κ1) is 25.8. The van der Waals surface area contributed by atoms with E-state index in [-0.39, 0.29) is 11.4 Å². The van der Waals surface area contributed by atoms with Crippen LogP contribution in [0.3, 0.4) is 0 Å². The summed E-state index contributed by atoms with van der Waals surface area (Å²) < 4.78 is 32.5. The second-order valence-electron chi connectivity index (χ2n) is 8.02. The number of benzene rings is 1. The van der Waals surface area contributed by atoms with E-state index in [1.807, 2.05) is 0 Å². The number of aromatic nitrogens is 1. The predicted octanol–water partition coefficient (Wildman–Crippen LogP) is 2.31. The molecule has 2 heterocycles. The zero-order valence-corrected chi connectivity index (χ0v) is 20.8. The Morgan fingerprint density at radius 2 is 1.85 bits per heavy atom. The van der Waals surface area contributed by atoms with Crippen LogP contribution < -0.4 is 4.80 Å². The Bertz CT molecular complexity index is 1250. The number of thiazole rings is 1. The third-order valence-electron chi connectivity index (χ3n) is 5.37. The molecule has 0 N–H and O–H groups in total. The van der Waals surface area contributed by atoms with Crippen LogP contribution in [0, 0.1) is 0 Å².